The molecule has 0 bridgehead atoms. The van der Waals surface area contributed by atoms with E-state index >= 15 is 0 Å². The van der Waals surface area contributed by atoms with Gasteiger partial charge in [0.05, 0.1) is 11.1 Å². The molecule has 1 aliphatic rings. The standard InChI is InChI=1S/C26H20F3N3O/c27-17-5-3-4-16(12-17)14-32-11-10-24-20(15-32)25(19-6-1-2-7-23(19)31-24)26(33)30-18-8-9-21(28)22(29)13-18/h1-9,12-13H,10-11,14-15H2,(H,30,33). The molecular formula is C26H20F3N3O. The minimum Gasteiger partial charge on any atom is -0.322 e. The molecule has 33 heavy (non-hydrogen) atoms. The number of fused-ring (bicyclic) bond motifs is 2. The van der Waals surface area contributed by atoms with Gasteiger partial charge in [-0.2, -0.15) is 0 Å². The van der Waals surface area contributed by atoms with Crippen LogP contribution < -0.4 is 5.32 Å². The average Bonchev–Trinajstić information content (AvgIpc) is 2.80. The molecule has 1 N–H and O–H groups in total. The van der Waals surface area contributed by atoms with Gasteiger partial charge in [-0.3, -0.25) is 14.7 Å². The average molecular weight is 447 g/mol. The van der Waals surface area contributed by atoms with Gasteiger partial charge >= 0.3 is 0 Å². The van der Waals surface area contributed by atoms with Crippen molar-refractivity contribution in [1.82, 2.24) is 9.88 Å². The summed E-state index contributed by atoms with van der Waals surface area (Å²) in [6.45, 7) is 1.72. The van der Waals surface area contributed by atoms with E-state index in [4.69, 9.17) is 4.98 Å². The van der Waals surface area contributed by atoms with Gasteiger partial charge in [-0.05, 0) is 35.9 Å². The lowest BCUT2D eigenvalue weighted by molar-refractivity contribution is 0.102. The molecule has 1 aromatic heterocycles. The highest BCUT2D eigenvalue weighted by atomic mass is 19.2. The second kappa shape index (κ2) is 8.67. The molecule has 3 aromatic carbocycles. The molecule has 1 amide bonds. The van der Waals surface area contributed by atoms with Crippen LogP contribution in [0, 0.1) is 17.5 Å². The van der Waals surface area contributed by atoms with Gasteiger partial charge in [0.1, 0.15) is 5.82 Å². The van der Waals surface area contributed by atoms with E-state index in [9.17, 15) is 18.0 Å². The molecule has 0 saturated heterocycles. The van der Waals surface area contributed by atoms with Crippen LogP contribution in [0.5, 0.6) is 0 Å². The largest absolute Gasteiger partial charge is 0.322 e. The van der Waals surface area contributed by atoms with E-state index in [1.54, 1.807) is 6.07 Å². The van der Waals surface area contributed by atoms with Crippen LogP contribution in [0.4, 0.5) is 18.9 Å². The third kappa shape index (κ3) is 4.32. The van der Waals surface area contributed by atoms with Gasteiger partial charge in [-0.15, -0.1) is 0 Å². The summed E-state index contributed by atoms with van der Waals surface area (Å²) in [5.41, 5.74) is 3.80. The number of carbonyl (C=O) groups excluding carboxylic acids is 1. The quantitative estimate of drug-likeness (QED) is 0.452. The Hall–Kier alpha value is -3.71. The number of benzene rings is 3. The molecule has 0 unspecified atom stereocenters. The minimum atomic E-state index is -1.03. The fourth-order valence-corrected chi connectivity index (χ4v) is 4.30. The maximum absolute atomic E-state index is 13.7. The van der Waals surface area contributed by atoms with Gasteiger partial charge in [0.15, 0.2) is 11.6 Å². The smallest absolute Gasteiger partial charge is 0.256 e. The first-order valence-corrected chi connectivity index (χ1v) is 10.6. The zero-order valence-electron chi connectivity index (χ0n) is 17.6. The van der Waals surface area contributed by atoms with E-state index in [1.165, 1.54) is 18.2 Å². The van der Waals surface area contributed by atoms with Crippen LogP contribution in [0.1, 0.15) is 27.2 Å². The monoisotopic (exact) mass is 447 g/mol. The molecule has 4 nitrogen and oxygen atoms in total. The molecule has 4 aromatic rings. The van der Waals surface area contributed by atoms with E-state index in [-0.39, 0.29) is 11.5 Å². The predicted molar refractivity (Wildman–Crippen MR) is 120 cm³/mol. The summed E-state index contributed by atoms with van der Waals surface area (Å²) in [5, 5.41) is 3.38. The van der Waals surface area contributed by atoms with Crippen LogP contribution in [-0.4, -0.2) is 22.3 Å². The van der Waals surface area contributed by atoms with E-state index in [1.807, 2.05) is 30.3 Å². The molecule has 0 aliphatic carbocycles. The fraction of sp³-hybridized carbons (Fsp3) is 0.154. The van der Waals surface area contributed by atoms with Gasteiger partial charge < -0.3 is 5.32 Å². The first-order chi connectivity index (χ1) is 16.0. The van der Waals surface area contributed by atoms with Crippen molar-refractivity contribution in [2.45, 2.75) is 19.5 Å². The maximum atomic E-state index is 13.7. The predicted octanol–water partition coefficient (Wildman–Crippen LogP) is 5.46. The summed E-state index contributed by atoms with van der Waals surface area (Å²) in [5.74, 6) is -2.71. The van der Waals surface area contributed by atoms with Crippen molar-refractivity contribution in [3.63, 3.8) is 0 Å². The number of rotatable bonds is 4. The lowest BCUT2D eigenvalue weighted by atomic mass is 9.94. The SMILES string of the molecule is O=C(Nc1ccc(F)c(F)c1)c1c2c(nc3ccccc13)CCN(Cc1cccc(F)c1)C2. The fourth-order valence-electron chi connectivity index (χ4n) is 4.30. The Morgan fingerprint density at radius 1 is 0.970 bits per heavy atom. The summed E-state index contributed by atoms with van der Waals surface area (Å²) in [6, 6.07) is 17.1. The molecule has 166 valence electrons. The first-order valence-electron chi connectivity index (χ1n) is 10.6. The Bertz CT molecular complexity index is 1370. The Morgan fingerprint density at radius 3 is 2.64 bits per heavy atom. The highest BCUT2D eigenvalue weighted by Gasteiger charge is 2.26. The Labute approximate surface area is 188 Å². The zero-order valence-corrected chi connectivity index (χ0v) is 17.6. The molecule has 5 rings (SSSR count). The lowest BCUT2D eigenvalue weighted by Gasteiger charge is -2.30. The van der Waals surface area contributed by atoms with Gasteiger partial charge in [0.2, 0.25) is 0 Å². The molecule has 0 fully saturated rings. The van der Waals surface area contributed by atoms with Gasteiger partial charge in [0.25, 0.3) is 5.91 Å². The van der Waals surface area contributed by atoms with Crippen molar-refractivity contribution in [1.29, 1.82) is 0 Å². The molecule has 0 saturated carbocycles. The molecule has 0 atom stereocenters. The van der Waals surface area contributed by atoms with Crippen molar-refractivity contribution in [3.05, 3.63) is 107 Å². The third-order valence-corrected chi connectivity index (χ3v) is 5.83. The normalized spacial score (nSPS) is 13.7. The van der Waals surface area contributed by atoms with E-state index in [2.05, 4.69) is 10.2 Å². The molecule has 0 radical (unpaired) electrons. The van der Waals surface area contributed by atoms with E-state index in [0.717, 1.165) is 35.5 Å². The second-order valence-corrected chi connectivity index (χ2v) is 8.10. The van der Waals surface area contributed by atoms with Crippen molar-refractivity contribution in [3.8, 4) is 0 Å². The van der Waals surface area contributed by atoms with Gasteiger partial charge in [-0.25, -0.2) is 13.2 Å². The number of hydrogen-bond donors (Lipinski definition) is 1. The molecule has 1 aliphatic heterocycles. The van der Waals surface area contributed by atoms with Crippen molar-refractivity contribution in [2.75, 3.05) is 11.9 Å². The number of amides is 1. The molecule has 7 heteroatoms. The highest BCUT2D eigenvalue weighted by molar-refractivity contribution is 6.13. The van der Waals surface area contributed by atoms with Crippen LogP contribution in [-0.2, 0) is 19.5 Å². The summed E-state index contributed by atoms with van der Waals surface area (Å²) >= 11 is 0. The number of pyridine rings is 1. The summed E-state index contributed by atoms with van der Waals surface area (Å²) in [4.78, 5) is 20.3. The van der Waals surface area contributed by atoms with E-state index in [0.29, 0.717) is 36.0 Å². The topological polar surface area (TPSA) is 45.2 Å². The van der Waals surface area contributed by atoms with Crippen molar-refractivity contribution < 1.29 is 18.0 Å². The van der Waals surface area contributed by atoms with Crippen LogP contribution in [0.15, 0.2) is 66.7 Å². The second-order valence-electron chi connectivity index (χ2n) is 8.10. The van der Waals surface area contributed by atoms with Crippen LogP contribution >= 0.6 is 0 Å². The number of anilines is 1. The van der Waals surface area contributed by atoms with Crippen molar-refractivity contribution >= 4 is 22.5 Å². The van der Waals surface area contributed by atoms with Gasteiger partial charge in [0, 0.05) is 54.5 Å². The first kappa shape index (κ1) is 21.2. The highest BCUT2D eigenvalue weighted by Crippen LogP contribution is 2.30. The van der Waals surface area contributed by atoms with Crippen molar-refractivity contribution in [2.24, 2.45) is 0 Å². The Morgan fingerprint density at radius 2 is 1.82 bits per heavy atom. The number of nitrogens with one attached hydrogen (secondary N) is 1. The number of hydrogen-bond acceptors (Lipinski definition) is 3. The van der Waals surface area contributed by atoms with Crippen LogP contribution in [0.3, 0.4) is 0 Å². The summed E-state index contributed by atoms with van der Waals surface area (Å²) in [7, 11) is 0. The summed E-state index contributed by atoms with van der Waals surface area (Å²) < 4.78 is 40.6. The summed E-state index contributed by atoms with van der Waals surface area (Å²) in [6.07, 6.45) is 0.640. The molecule has 2 heterocycles. The zero-order chi connectivity index (χ0) is 22.9. The van der Waals surface area contributed by atoms with Crippen LogP contribution in [0.2, 0.25) is 0 Å². The molecule has 0 spiro atoms. The van der Waals surface area contributed by atoms with Gasteiger partial charge in [-0.1, -0.05) is 30.3 Å². The number of carbonyl (C=O) groups is 1. The number of para-hydroxylation sites is 1. The Kier molecular flexibility index (Phi) is 5.56. The number of aromatic nitrogens is 1. The third-order valence-electron chi connectivity index (χ3n) is 5.83. The minimum absolute atomic E-state index is 0.168. The maximum Gasteiger partial charge on any atom is 0.256 e. The Balaban J connectivity index is 1.52. The van der Waals surface area contributed by atoms with Crippen LogP contribution in [0.25, 0.3) is 10.9 Å². The number of nitrogens with zero attached hydrogens (tertiary/aromatic N) is 2. The lowest BCUT2D eigenvalue weighted by Crippen LogP contribution is -2.33. The molecular weight excluding hydrogens is 427 g/mol. The van der Waals surface area contributed by atoms with E-state index < -0.39 is 17.5 Å². The number of halogens is 3.